The number of nitrogens with zero attached hydrogens (tertiary/aromatic N) is 2. The summed E-state index contributed by atoms with van der Waals surface area (Å²) in [5, 5.41) is 0. The van der Waals surface area contributed by atoms with Crippen LogP contribution in [0.1, 0.15) is 25.0 Å². The van der Waals surface area contributed by atoms with Gasteiger partial charge in [-0.3, -0.25) is 4.79 Å². The molecule has 1 unspecified atom stereocenters. The van der Waals surface area contributed by atoms with Crippen molar-refractivity contribution in [3.05, 3.63) is 35.9 Å². The highest BCUT2D eigenvalue weighted by Gasteiger charge is 2.31. The third-order valence-corrected chi connectivity index (χ3v) is 6.79. The topological polar surface area (TPSA) is 42.0 Å². The van der Waals surface area contributed by atoms with Crippen LogP contribution in [0.2, 0.25) is 0 Å². The molecule has 0 aliphatic rings. The van der Waals surface area contributed by atoms with Crippen molar-refractivity contribution in [3.63, 3.8) is 0 Å². The average Bonchev–Trinajstić information content (AvgIpc) is 2.72. The quantitative estimate of drug-likeness (QED) is 0.169. The maximum absolute atomic E-state index is 12.2. The van der Waals surface area contributed by atoms with E-state index in [1.807, 2.05) is 30.3 Å². The first-order chi connectivity index (χ1) is 14.1. The molecule has 166 valence electrons. The van der Waals surface area contributed by atoms with Crippen LogP contribution < -0.4 is 0 Å². The Morgan fingerprint density at radius 3 is 1.83 bits per heavy atom. The van der Waals surface area contributed by atoms with Gasteiger partial charge in [-0.2, -0.15) is 0 Å². The van der Waals surface area contributed by atoms with Crippen LogP contribution in [0.15, 0.2) is 30.3 Å². The number of carbonyl (C=O) groups is 1. The van der Waals surface area contributed by atoms with Gasteiger partial charge in [-0.1, -0.05) is 30.3 Å². The van der Waals surface area contributed by atoms with Gasteiger partial charge < -0.3 is 9.26 Å². The minimum atomic E-state index is -1.29. The fourth-order valence-corrected chi connectivity index (χ4v) is 6.06. The highest BCUT2D eigenvalue weighted by molar-refractivity contribution is 7.47. The molecule has 1 aromatic carbocycles. The van der Waals surface area contributed by atoms with E-state index in [0.29, 0.717) is 56.3 Å². The molecule has 0 aliphatic carbocycles. The van der Waals surface area contributed by atoms with E-state index >= 15 is 0 Å². The smallest absolute Gasteiger partial charge is 0.308 e. The number of ether oxygens (including phenoxy) is 1. The third kappa shape index (κ3) is 10.3. The van der Waals surface area contributed by atoms with E-state index < -0.39 is 14.6 Å². The van der Waals surface area contributed by atoms with E-state index in [0.717, 1.165) is 5.56 Å². The summed E-state index contributed by atoms with van der Waals surface area (Å²) < 4.78 is 15.9. The van der Waals surface area contributed by atoms with Crippen molar-refractivity contribution in [1.29, 1.82) is 0 Å². The van der Waals surface area contributed by atoms with Crippen molar-refractivity contribution in [2.75, 3.05) is 56.3 Å². The highest BCUT2D eigenvalue weighted by Crippen LogP contribution is 2.50. The summed E-state index contributed by atoms with van der Waals surface area (Å²) >= 11 is 24.2. The SMILES string of the molecule is CCOC(=O)CC(OP(N(CCCl)CCCl)N(CCCl)CCCl)c1ccccc1. The van der Waals surface area contributed by atoms with E-state index in [1.54, 1.807) is 6.92 Å². The minimum absolute atomic E-state index is 0.113. The molecular formula is C19H29Cl4N2O3P. The van der Waals surface area contributed by atoms with Gasteiger partial charge in [-0.05, 0) is 12.5 Å². The maximum Gasteiger partial charge on any atom is 0.308 e. The lowest BCUT2D eigenvalue weighted by molar-refractivity contribution is -0.145. The third-order valence-electron chi connectivity index (χ3n) is 3.90. The zero-order chi connectivity index (χ0) is 21.5. The summed E-state index contributed by atoms with van der Waals surface area (Å²) in [6, 6.07) is 9.65. The average molecular weight is 506 g/mol. The van der Waals surface area contributed by atoms with Crippen LogP contribution in [0.4, 0.5) is 0 Å². The predicted molar refractivity (Wildman–Crippen MR) is 124 cm³/mol. The number of esters is 1. The first kappa shape index (κ1) is 27.2. The normalized spacial score (nSPS) is 12.7. The van der Waals surface area contributed by atoms with Gasteiger partial charge in [0, 0.05) is 49.7 Å². The second-order valence-corrected chi connectivity index (χ2v) is 9.29. The van der Waals surface area contributed by atoms with Crippen molar-refractivity contribution in [2.24, 2.45) is 0 Å². The van der Waals surface area contributed by atoms with Crippen LogP contribution >= 0.6 is 54.9 Å². The molecule has 1 atom stereocenters. The van der Waals surface area contributed by atoms with Crippen molar-refractivity contribution in [1.82, 2.24) is 9.34 Å². The van der Waals surface area contributed by atoms with Crippen LogP contribution in [0.25, 0.3) is 0 Å². The summed E-state index contributed by atoms with van der Waals surface area (Å²) in [6.45, 7) is 4.51. The summed E-state index contributed by atoms with van der Waals surface area (Å²) in [7, 11) is -1.29. The Morgan fingerprint density at radius 2 is 1.41 bits per heavy atom. The van der Waals surface area contributed by atoms with E-state index in [2.05, 4.69) is 9.34 Å². The summed E-state index contributed by atoms with van der Waals surface area (Å²) in [5.41, 5.74) is 0.904. The molecule has 0 radical (unpaired) electrons. The molecule has 0 spiro atoms. The van der Waals surface area contributed by atoms with Crippen LogP contribution in [-0.4, -0.2) is 71.6 Å². The first-order valence-corrected chi connectivity index (χ1v) is 12.8. The molecule has 0 aliphatic heterocycles. The fourth-order valence-electron chi connectivity index (χ4n) is 2.64. The van der Waals surface area contributed by atoms with E-state index in [4.69, 9.17) is 55.7 Å². The lowest BCUT2D eigenvalue weighted by atomic mass is 10.1. The van der Waals surface area contributed by atoms with Crippen LogP contribution in [-0.2, 0) is 14.1 Å². The van der Waals surface area contributed by atoms with Gasteiger partial charge in [0.2, 0.25) is 0 Å². The molecule has 5 nitrogen and oxygen atoms in total. The van der Waals surface area contributed by atoms with Crippen LogP contribution in [0, 0.1) is 0 Å². The zero-order valence-electron chi connectivity index (χ0n) is 16.6. The summed E-state index contributed by atoms with van der Waals surface area (Å²) in [4.78, 5) is 12.2. The summed E-state index contributed by atoms with van der Waals surface area (Å²) in [6.07, 6.45) is -0.357. The number of alkyl halides is 4. The van der Waals surface area contributed by atoms with Crippen molar-refractivity contribution >= 4 is 60.8 Å². The minimum Gasteiger partial charge on any atom is -0.466 e. The fraction of sp³-hybridized carbons (Fsp3) is 0.632. The molecule has 0 bridgehead atoms. The molecule has 0 fully saturated rings. The number of rotatable bonds is 16. The Labute approximate surface area is 195 Å². The number of benzene rings is 1. The van der Waals surface area contributed by atoms with Crippen molar-refractivity contribution in [3.8, 4) is 0 Å². The van der Waals surface area contributed by atoms with Gasteiger partial charge in [0.1, 0.15) is 6.10 Å². The number of hydrogen-bond acceptors (Lipinski definition) is 5. The van der Waals surface area contributed by atoms with Gasteiger partial charge in [0.15, 0.2) is 8.45 Å². The second kappa shape index (κ2) is 16.8. The van der Waals surface area contributed by atoms with Gasteiger partial charge in [0.05, 0.1) is 13.0 Å². The predicted octanol–water partition coefficient (Wildman–Crippen LogP) is 5.48. The Balaban J connectivity index is 3.20. The van der Waals surface area contributed by atoms with Gasteiger partial charge >= 0.3 is 5.97 Å². The largest absolute Gasteiger partial charge is 0.466 e. The molecule has 10 heteroatoms. The summed E-state index contributed by atoms with van der Waals surface area (Å²) in [5.74, 6) is 1.43. The molecule has 1 aromatic rings. The van der Waals surface area contributed by atoms with Gasteiger partial charge in [0.25, 0.3) is 0 Å². The van der Waals surface area contributed by atoms with Gasteiger partial charge in [-0.15, -0.1) is 46.4 Å². The van der Waals surface area contributed by atoms with E-state index in [9.17, 15) is 4.79 Å². The monoisotopic (exact) mass is 504 g/mol. The van der Waals surface area contributed by atoms with E-state index in [-0.39, 0.29) is 12.4 Å². The Morgan fingerprint density at radius 1 is 0.931 bits per heavy atom. The standard InChI is InChI=1S/C19H29Cl4N2O3P/c1-2-27-19(26)16-18(17-6-4-3-5-7-17)28-29(24(12-8-20)13-9-21)25(14-10-22)15-11-23/h3-7,18H,2,8-16H2,1H3. The molecule has 0 heterocycles. The number of hydrogen-bond donors (Lipinski definition) is 0. The second-order valence-electron chi connectivity index (χ2n) is 5.93. The molecule has 0 saturated carbocycles. The lowest BCUT2D eigenvalue weighted by Gasteiger charge is -2.39. The highest BCUT2D eigenvalue weighted by atomic mass is 35.5. The Hall–Kier alpha value is 0.160. The molecule has 1 rings (SSSR count). The number of carbonyl (C=O) groups excluding carboxylic acids is 1. The van der Waals surface area contributed by atoms with Gasteiger partial charge in [-0.25, -0.2) is 9.34 Å². The molecule has 0 amide bonds. The Bertz CT molecular complexity index is 532. The molecular weight excluding hydrogens is 477 g/mol. The van der Waals surface area contributed by atoms with Crippen LogP contribution in [0.5, 0.6) is 0 Å². The molecule has 0 saturated heterocycles. The zero-order valence-corrected chi connectivity index (χ0v) is 20.5. The van der Waals surface area contributed by atoms with E-state index in [1.165, 1.54) is 0 Å². The first-order valence-electron chi connectivity index (χ1n) is 9.52. The van der Waals surface area contributed by atoms with Crippen molar-refractivity contribution < 1.29 is 14.1 Å². The molecule has 0 N–H and O–H groups in total. The maximum atomic E-state index is 12.2. The van der Waals surface area contributed by atoms with Crippen LogP contribution in [0.3, 0.4) is 0 Å². The number of halogens is 4. The van der Waals surface area contributed by atoms with Crippen molar-refractivity contribution in [2.45, 2.75) is 19.4 Å². The molecule has 0 aromatic heterocycles. The Kier molecular flexibility index (Phi) is 15.8. The lowest BCUT2D eigenvalue weighted by Crippen LogP contribution is -2.35. The molecule has 29 heavy (non-hydrogen) atoms.